The van der Waals surface area contributed by atoms with Crippen molar-refractivity contribution in [1.29, 1.82) is 0 Å². The average Bonchev–Trinajstić information content (AvgIpc) is 3.39. The van der Waals surface area contributed by atoms with Gasteiger partial charge in [0.05, 0.1) is 29.8 Å². The third-order valence-corrected chi connectivity index (χ3v) is 5.93. The summed E-state index contributed by atoms with van der Waals surface area (Å²) >= 11 is 0. The lowest BCUT2D eigenvalue weighted by Crippen LogP contribution is -2.36. The Morgan fingerprint density at radius 1 is 1.29 bits per heavy atom. The summed E-state index contributed by atoms with van der Waals surface area (Å²) in [6.45, 7) is 5.76. The first kappa shape index (κ1) is 19.7. The average molecular weight is 422 g/mol. The van der Waals surface area contributed by atoms with Gasteiger partial charge in [-0.2, -0.15) is 5.10 Å². The Bertz CT molecular complexity index is 1090. The number of aromatic nitrogens is 4. The molecule has 0 bridgehead atoms. The van der Waals surface area contributed by atoms with E-state index in [1.165, 1.54) is 0 Å². The van der Waals surface area contributed by atoms with Gasteiger partial charge in [0, 0.05) is 57.0 Å². The molecule has 2 aliphatic rings. The summed E-state index contributed by atoms with van der Waals surface area (Å²) in [6, 6.07) is 6.00. The fourth-order valence-corrected chi connectivity index (χ4v) is 4.09. The highest BCUT2D eigenvalue weighted by Gasteiger charge is 2.29. The van der Waals surface area contributed by atoms with Gasteiger partial charge >= 0.3 is 0 Å². The second kappa shape index (κ2) is 8.14. The Kier molecular flexibility index (Phi) is 5.19. The van der Waals surface area contributed by atoms with Gasteiger partial charge in [-0.3, -0.25) is 9.48 Å². The number of carbonyl (C=O) groups excluding carboxylic acids is 1. The van der Waals surface area contributed by atoms with Crippen LogP contribution in [0.15, 0.2) is 30.6 Å². The Labute approximate surface area is 180 Å². The molecule has 0 aliphatic carbocycles. The first-order chi connectivity index (χ1) is 15.1. The summed E-state index contributed by atoms with van der Waals surface area (Å²) < 4.78 is 13.4. The highest BCUT2D eigenvalue weighted by Crippen LogP contribution is 2.31. The van der Waals surface area contributed by atoms with Crippen molar-refractivity contribution in [3.63, 3.8) is 0 Å². The minimum atomic E-state index is -0.146. The fourth-order valence-electron chi connectivity index (χ4n) is 4.09. The van der Waals surface area contributed by atoms with E-state index in [1.807, 2.05) is 44.6 Å². The van der Waals surface area contributed by atoms with Gasteiger partial charge in [0.2, 0.25) is 11.8 Å². The number of nitrogens with one attached hydrogen (secondary N) is 1. The molecule has 2 aliphatic heterocycles. The van der Waals surface area contributed by atoms with Crippen molar-refractivity contribution in [3.8, 4) is 17.1 Å². The predicted molar refractivity (Wildman–Crippen MR) is 116 cm³/mol. The van der Waals surface area contributed by atoms with E-state index in [0.717, 1.165) is 54.3 Å². The van der Waals surface area contributed by atoms with Crippen molar-refractivity contribution in [1.82, 2.24) is 25.1 Å². The monoisotopic (exact) mass is 422 g/mol. The number of hydrogen-bond donors (Lipinski definition) is 1. The molecule has 5 rings (SSSR count). The van der Waals surface area contributed by atoms with Crippen LogP contribution in [-0.4, -0.2) is 64.6 Å². The van der Waals surface area contributed by atoms with Crippen LogP contribution in [0.1, 0.15) is 13.3 Å². The molecule has 0 radical (unpaired) electrons. The number of anilines is 1. The van der Waals surface area contributed by atoms with Crippen LogP contribution < -0.4 is 15.0 Å². The zero-order valence-electron chi connectivity index (χ0n) is 17.7. The first-order valence-corrected chi connectivity index (χ1v) is 10.6. The van der Waals surface area contributed by atoms with E-state index in [9.17, 15) is 4.79 Å². The molecule has 5 heterocycles. The van der Waals surface area contributed by atoms with Gasteiger partial charge in [0.25, 0.3) is 0 Å². The Hall–Kier alpha value is -3.20. The lowest BCUT2D eigenvalue weighted by Gasteiger charge is -2.27. The van der Waals surface area contributed by atoms with Crippen molar-refractivity contribution in [2.24, 2.45) is 13.0 Å². The molecule has 3 aromatic rings. The van der Waals surface area contributed by atoms with Crippen LogP contribution in [0.2, 0.25) is 0 Å². The van der Waals surface area contributed by atoms with Crippen LogP contribution in [0, 0.1) is 5.92 Å². The van der Waals surface area contributed by atoms with Gasteiger partial charge in [-0.25, -0.2) is 9.97 Å². The predicted octanol–water partition coefficient (Wildman–Crippen LogP) is 1.77. The number of fused-ring (bicyclic) bond motifs is 1. The molecule has 162 valence electrons. The van der Waals surface area contributed by atoms with E-state index >= 15 is 0 Å². The summed E-state index contributed by atoms with van der Waals surface area (Å²) in [5.41, 5.74) is 2.47. The van der Waals surface area contributed by atoms with Gasteiger partial charge in [-0.05, 0) is 25.1 Å². The molecule has 0 saturated carbocycles. The van der Waals surface area contributed by atoms with Gasteiger partial charge in [-0.1, -0.05) is 0 Å². The van der Waals surface area contributed by atoms with Crippen molar-refractivity contribution < 1.29 is 14.3 Å². The number of rotatable bonds is 5. The van der Waals surface area contributed by atoms with Gasteiger partial charge < -0.3 is 19.7 Å². The van der Waals surface area contributed by atoms with Gasteiger partial charge in [-0.15, -0.1) is 0 Å². The van der Waals surface area contributed by atoms with Crippen molar-refractivity contribution >= 4 is 22.6 Å². The largest absolute Gasteiger partial charge is 0.474 e. The maximum absolute atomic E-state index is 11.6. The molecule has 31 heavy (non-hydrogen) atoms. The number of pyridine rings is 2. The molecule has 0 unspecified atom stereocenters. The molecule has 2 atom stereocenters. The summed E-state index contributed by atoms with van der Waals surface area (Å²) in [6.07, 6.45) is 4.08. The van der Waals surface area contributed by atoms with Crippen molar-refractivity contribution in [3.05, 3.63) is 30.6 Å². The first-order valence-electron chi connectivity index (χ1n) is 10.6. The molecular formula is C22H26N6O3. The Balaban J connectivity index is 1.44. The van der Waals surface area contributed by atoms with E-state index in [1.54, 1.807) is 4.68 Å². The highest BCUT2D eigenvalue weighted by molar-refractivity contribution is 5.86. The maximum Gasteiger partial charge on any atom is 0.225 e. The number of ether oxygens (including phenoxy) is 2. The van der Waals surface area contributed by atoms with Gasteiger partial charge in [0.1, 0.15) is 11.9 Å². The van der Waals surface area contributed by atoms with Crippen LogP contribution >= 0.6 is 0 Å². The minimum absolute atomic E-state index is 0.0696. The zero-order chi connectivity index (χ0) is 21.4. The number of aryl methyl sites for hydroxylation is 1. The van der Waals surface area contributed by atoms with E-state index < -0.39 is 0 Å². The zero-order valence-corrected chi connectivity index (χ0v) is 17.7. The number of carbonyl (C=O) groups is 1. The number of hydrogen-bond acceptors (Lipinski definition) is 7. The number of amides is 1. The Morgan fingerprint density at radius 3 is 2.84 bits per heavy atom. The molecule has 0 spiro atoms. The fraction of sp³-hybridized carbons (Fsp3) is 0.455. The van der Waals surface area contributed by atoms with Crippen LogP contribution in [0.4, 0.5) is 5.82 Å². The minimum Gasteiger partial charge on any atom is -0.474 e. The molecule has 1 N–H and O–H groups in total. The lowest BCUT2D eigenvalue weighted by atomic mass is 10.0. The number of morpholine rings is 1. The summed E-state index contributed by atoms with van der Waals surface area (Å²) in [7, 11) is 1.88. The van der Waals surface area contributed by atoms with Crippen molar-refractivity contribution in [2.45, 2.75) is 19.4 Å². The molecule has 9 nitrogen and oxygen atoms in total. The molecule has 0 aromatic carbocycles. The van der Waals surface area contributed by atoms with E-state index in [2.05, 4.69) is 20.3 Å². The lowest BCUT2D eigenvalue weighted by molar-refractivity contribution is -0.119. The molecule has 9 heteroatoms. The van der Waals surface area contributed by atoms with Crippen molar-refractivity contribution in [2.75, 3.05) is 37.7 Å². The smallest absolute Gasteiger partial charge is 0.225 e. The Morgan fingerprint density at radius 2 is 2.13 bits per heavy atom. The SMILES string of the molecule is C[C@@H](Oc1nc(-c2ccc(N3CCOCC3)nc2)cc2nn(C)cc12)[C@H]1CNC(=O)C1. The molecule has 2 saturated heterocycles. The van der Waals surface area contributed by atoms with E-state index in [-0.39, 0.29) is 17.9 Å². The molecule has 1 amide bonds. The summed E-state index contributed by atoms with van der Waals surface area (Å²) in [5, 5.41) is 8.28. The third-order valence-electron chi connectivity index (χ3n) is 5.93. The van der Waals surface area contributed by atoms with Crippen LogP contribution in [0.5, 0.6) is 5.88 Å². The third kappa shape index (κ3) is 4.05. The topological polar surface area (TPSA) is 94.4 Å². The van der Waals surface area contributed by atoms with E-state index in [4.69, 9.17) is 14.5 Å². The molecule has 2 fully saturated rings. The normalized spacial score (nSPS) is 20.1. The van der Waals surface area contributed by atoms with Crippen LogP contribution in [-0.2, 0) is 16.6 Å². The second-order valence-corrected chi connectivity index (χ2v) is 8.14. The van der Waals surface area contributed by atoms with Crippen LogP contribution in [0.25, 0.3) is 22.2 Å². The highest BCUT2D eigenvalue weighted by atomic mass is 16.5. The van der Waals surface area contributed by atoms with Gasteiger partial charge in [0.15, 0.2) is 0 Å². The molecular weight excluding hydrogens is 396 g/mol. The van der Waals surface area contributed by atoms with E-state index in [0.29, 0.717) is 18.8 Å². The standard InChI is InChI=1S/C22H26N6O3/c1-14(16-9-21(29)24-12-16)31-22-17-13-27(2)26-19(17)10-18(25-22)15-3-4-20(23-11-15)28-5-7-30-8-6-28/h3-4,10-11,13-14,16H,5-9,12H2,1-2H3,(H,24,29)/t14-,16-/m1/s1. The van der Waals surface area contributed by atoms with Crippen LogP contribution in [0.3, 0.4) is 0 Å². The summed E-state index contributed by atoms with van der Waals surface area (Å²) in [4.78, 5) is 23.3. The molecule has 3 aromatic heterocycles. The summed E-state index contributed by atoms with van der Waals surface area (Å²) in [5.74, 6) is 1.67. The second-order valence-electron chi connectivity index (χ2n) is 8.14. The number of nitrogens with zero attached hydrogens (tertiary/aromatic N) is 5. The maximum atomic E-state index is 11.6. The quantitative estimate of drug-likeness (QED) is 0.670.